The first kappa shape index (κ1) is 33.8. The largest absolute Gasteiger partial charge is 0.468 e. The molecule has 0 amide bonds. The molecule has 0 heterocycles. The van der Waals surface area contributed by atoms with Crippen molar-refractivity contribution in [1.82, 2.24) is 0 Å². The lowest BCUT2D eigenvalue weighted by molar-refractivity contribution is -0.150. The Kier molecular flexibility index (Phi) is 3.40. The Morgan fingerprint density at radius 1 is 0.237 bits per heavy atom. The smallest absolute Gasteiger partial charge is 0.336 e. The first-order chi connectivity index (χ1) is 39.2. The monoisotopic (exact) mass is 1010 g/mol. The third-order valence-corrected chi connectivity index (χ3v) is 25.2. The lowest BCUT2D eigenvalue weighted by atomic mass is 9.60. The van der Waals surface area contributed by atoms with Crippen LogP contribution in [0.1, 0.15) is 27.0 Å². The first-order valence-electron chi connectivity index (χ1n) is 27.4. The van der Waals surface area contributed by atoms with Crippen molar-refractivity contribution in [3.63, 3.8) is 0 Å². The van der Waals surface area contributed by atoms with E-state index >= 15 is 28.8 Å². The number of benzene rings is 17. The summed E-state index contributed by atoms with van der Waals surface area (Å²) in [6, 6.07) is 0. The molecule has 2 unspecified atom stereocenters. The van der Waals surface area contributed by atoms with Gasteiger partial charge in [0.05, 0.1) is 39.6 Å². The Morgan fingerprint density at radius 2 is 0.450 bits per heavy atom. The summed E-state index contributed by atoms with van der Waals surface area (Å²) in [6.07, 6.45) is 0. The summed E-state index contributed by atoms with van der Waals surface area (Å²) >= 11 is 0. The van der Waals surface area contributed by atoms with Crippen LogP contribution in [0.25, 0.3) is 280 Å². The number of carbonyl (C=O) groups is 5. The highest BCUT2D eigenvalue weighted by atomic mass is 16.5. The number of methoxy groups -OCH3 is 4. The number of carbonyl (C=O) groups excluding carboxylic acids is 5. The quantitative estimate of drug-likeness (QED) is 0.0724. The summed E-state index contributed by atoms with van der Waals surface area (Å²) in [5, 5.41) is 53.0. The molecule has 0 spiro atoms. The molecule has 10 nitrogen and oxygen atoms in total. The predicted octanol–water partition coefficient (Wildman–Crippen LogP) is 13.9. The van der Waals surface area contributed by atoms with Crippen LogP contribution in [-0.2, 0) is 49.0 Å². The van der Waals surface area contributed by atoms with E-state index < -0.39 is 51.6 Å². The molecule has 0 bridgehead atoms. The van der Waals surface area contributed by atoms with Gasteiger partial charge in [0, 0.05) is 124 Å². The van der Waals surface area contributed by atoms with Crippen LogP contribution in [0.4, 0.5) is 0 Å². The van der Waals surface area contributed by atoms with Crippen molar-refractivity contribution in [3.05, 3.63) is 43.6 Å². The lowest BCUT2D eigenvalue weighted by Gasteiger charge is -2.38. The Balaban J connectivity index is 1.20. The molecule has 80 heavy (non-hydrogen) atoms. The minimum absolute atomic E-state index is 0.214. The second-order valence-electron chi connectivity index (χ2n) is 25.9. The number of esters is 4. The zero-order valence-corrected chi connectivity index (χ0v) is 41.1. The van der Waals surface area contributed by atoms with Gasteiger partial charge in [-0.3, -0.25) is 19.2 Å². The lowest BCUT2D eigenvalue weighted by Crippen LogP contribution is -2.52. The Hall–Kier alpha value is -10.3. The van der Waals surface area contributed by atoms with E-state index in [0.717, 1.165) is 136 Å². The molecule has 30 rings (SSSR count). The van der Waals surface area contributed by atoms with Crippen LogP contribution in [-0.4, -0.2) is 58.1 Å². The van der Waals surface area contributed by atoms with Crippen LogP contribution >= 0.6 is 0 Å². The zero-order chi connectivity index (χ0) is 50.8. The van der Waals surface area contributed by atoms with Crippen molar-refractivity contribution < 1.29 is 42.9 Å². The Bertz CT molecular complexity index is 7950. The summed E-state index contributed by atoms with van der Waals surface area (Å²) in [6.45, 7) is 0. The zero-order valence-electron chi connectivity index (χ0n) is 41.1. The number of rotatable bonds is 4. The van der Waals surface area contributed by atoms with Crippen LogP contribution in [0.3, 0.4) is 0 Å². The Labute approximate surface area is 433 Å². The molecular formula is C70H12O10. The van der Waals surface area contributed by atoms with Gasteiger partial charge >= 0.3 is 23.9 Å². The van der Waals surface area contributed by atoms with E-state index in [0.29, 0.717) is 43.3 Å². The van der Waals surface area contributed by atoms with Crippen LogP contribution < -0.4 is 5.43 Å². The molecule has 352 valence electrons. The maximum atomic E-state index is 17.9. The van der Waals surface area contributed by atoms with Gasteiger partial charge in [0.25, 0.3) is 0 Å². The fraction of sp³-hybridized carbons (Fsp3) is 0.0857. The highest BCUT2D eigenvalue weighted by Gasteiger charge is 2.70. The standard InChI is InChI=1S/C70H12O10/c1-77-65(73)61-62(66(74)78-2)70(68(76)80-4)59-52-44-38-25-19-9-7-5-6-8-10(9)20(25)27-22-15(8)18-12(6)17-16-11(5)14-13(7)21-26(19)37-41-31(21)32-23(14)28-24(16)35-29(17)34-30(18)36-33(22)45(39(27)44)54(59)56(64(70)72)48(36)46(34)55-47(35)49-40(28)42(32)53-51(41)58(50(52)43(37)38)69(61,67(75)79-3)60(53)57(49)63(55)71/h1-4H3. The summed E-state index contributed by atoms with van der Waals surface area (Å²) in [4.78, 5) is 102. The highest BCUT2D eigenvalue weighted by Crippen LogP contribution is 2.80. The van der Waals surface area contributed by atoms with E-state index in [1.165, 1.54) is 129 Å². The number of ketones is 1. The van der Waals surface area contributed by atoms with Crippen molar-refractivity contribution in [2.24, 2.45) is 0 Å². The number of fused-ring (bicyclic) bond motifs is 5. The van der Waals surface area contributed by atoms with Gasteiger partial charge in [0.1, 0.15) is 0 Å². The van der Waals surface area contributed by atoms with Gasteiger partial charge in [-0.1, -0.05) is 0 Å². The van der Waals surface area contributed by atoms with Crippen LogP contribution in [0, 0.1) is 0 Å². The normalized spacial score (nSPS) is 20.6. The molecule has 0 fully saturated rings. The molecule has 0 aliphatic heterocycles. The summed E-state index contributed by atoms with van der Waals surface area (Å²) in [5.41, 5.74) is -5.74. The molecule has 27 aromatic carbocycles. The molecule has 0 saturated carbocycles. The molecule has 3 aliphatic rings. The van der Waals surface area contributed by atoms with Gasteiger partial charge in [0.15, 0.2) is 22.0 Å². The van der Waals surface area contributed by atoms with Crippen LogP contribution in [0.2, 0.25) is 0 Å². The van der Waals surface area contributed by atoms with Crippen molar-refractivity contribution in [2.45, 2.75) is 10.8 Å². The summed E-state index contributed by atoms with van der Waals surface area (Å²) in [7, 11) is 4.83. The van der Waals surface area contributed by atoms with Crippen molar-refractivity contribution in [3.8, 4) is 0 Å². The van der Waals surface area contributed by atoms with E-state index in [2.05, 4.69) is 0 Å². The van der Waals surface area contributed by atoms with E-state index in [1.54, 1.807) is 0 Å². The predicted molar refractivity (Wildman–Crippen MR) is 312 cm³/mol. The second kappa shape index (κ2) is 8.05. The fourth-order valence-electron chi connectivity index (χ4n) is 24.3. The van der Waals surface area contributed by atoms with Gasteiger partial charge < -0.3 is 18.9 Å². The van der Waals surface area contributed by atoms with Crippen molar-refractivity contribution >= 4 is 310 Å². The van der Waals surface area contributed by atoms with E-state index in [9.17, 15) is 0 Å². The van der Waals surface area contributed by atoms with Gasteiger partial charge in [0.2, 0.25) is 0 Å². The topological polar surface area (TPSA) is 139 Å². The average Bonchev–Trinajstić information content (AvgIpc) is 1.57. The van der Waals surface area contributed by atoms with Crippen LogP contribution in [0.15, 0.2) is 15.9 Å². The fourth-order valence-corrected chi connectivity index (χ4v) is 24.3. The van der Waals surface area contributed by atoms with Gasteiger partial charge in [-0.15, -0.1) is 0 Å². The highest BCUT2D eigenvalue weighted by molar-refractivity contribution is 6.81. The molecular weight excluding hydrogens is 1000 g/mol. The molecule has 3 aliphatic carbocycles. The number of ether oxygens (including phenoxy) is 4. The molecule has 10 heteroatoms. The number of hydrogen-bond donors (Lipinski definition) is 0. The minimum atomic E-state index is -2.77. The average molecular weight is 1010 g/mol. The molecule has 0 radical (unpaired) electrons. The van der Waals surface area contributed by atoms with Gasteiger partial charge in [-0.05, 0) is 178 Å². The van der Waals surface area contributed by atoms with Crippen molar-refractivity contribution in [1.29, 1.82) is 0 Å². The Morgan fingerprint density at radius 3 is 0.762 bits per heavy atom. The summed E-state index contributed by atoms with van der Waals surface area (Å²) in [5.74, 6) is -5.14. The number of Topliss-reactive ketones (excluding diaryl/α,β-unsaturated/α-hetero) is 1. The molecule has 27 aromatic rings. The molecule has 0 aromatic heterocycles. The second-order valence-corrected chi connectivity index (χ2v) is 25.9. The van der Waals surface area contributed by atoms with Gasteiger partial charge in [-0.25, -0.2) is 9.59 Å². The third kappa shape index (κ3) is 1.94. The molecule has 2 atom stereocenters. The minimum Gasteiger partial charge on any atom is -0.468 e. The number of hydrogen-bond acceptors (Lipinski definition) is 10. The maximum Gasteiger partial charge on any atom is 0.336 e. The third-order valence-electron chi connectivity index (χ3n) is 25.2. The SMILES string of the molecule is COC(=O)C1=C(C(=O)OC)C2(C(=O)OC)c3c4c(=O)c5c6c7c8c9c(c%10c%11c2c2c3c3c%12c4c5c4c5c6c6c7c7c9c9c%10c%10c%11c%11c2c2c3c3c%12c4c4c5c5c6c6c7c9c7c%10c9c%11c2c2c3c4c3c2c9c7c6c53)C1(C(=O)OC)C8=O. The van der Waals surface area contributed by atoms with Crippen LogP contribution in [0.5, 0.6) is 0 Å². The molecule has 0 N–H and O–H groups in total. The van der Waals surface area contributed by atoms with E-state index in [1.807, 2.05) is 0 Å². The molecule has 0 saturated heterocycles. The summed E-state index contributed by atoms with van der Waals surface area (Å²) < 4.78 is 24.3. The van der Waals surface area contributed by atoms with E-state index in [4.69, 9.17) is 18.9 Å². The van der Waals surface area contributed by atoms with Gasteiger partial charge in [-0.2, -0.15) is 0 Å². The maximum absolute atomic E-state index is 17.9. The van der Waals surface area contributed by atoms with E-state index in [-0.39, 0.29) is 27.5 Å². The first-order valence-corrected chi connectivity index (χ1v) is 27.4. The van der Waals surface area contributed by atoms with Crippen molar-refractivity contribution in [2.75, 3.05) is 28.4 Å².